The third kappa shape index (κ3) is 4.44. The Morgan fingerprint density at radius 2 is 2.08 bits per heavy atom. The number of ether oxygens (including phenoxy) is 1. The van der Waals surface area contributed by atoms with Crippen molar-refractivity contribution in [1.29, 1.82) is 0 Å². The molecule has 3 aromatic rings. The summed E-state index contributed by atoms with van der Waals surface area (Å²) in [6.07, 6.45) is 0. The summed E-state index contributed by atoms with van der Waals surface area (Å²) in [5.41, 5.74) is 1.03. The molecule has 8 heteroatoms. The number of rotatable bonds is 8. The van der Waals surface area contributed by atoms with Gasteiger partial charge < -0.3 is 14.6 Å². The minimum atomic E-state index is -0.0332. The van der Waals surface area contributed by atoms with Crippen molar-refractivity contribution in [2.45, 2.75) is 25.2 Å². The molecule has 0 saturated heterocycles. The summed E-state index contributed by atoms with van der Waals surface area (Å²) in [4.78, 5) is 13.2. The number of thiophene rings is 1. The number of carbonyl (C=O) groups excluding carboxylic acids is 1. The number of aromatic nitrogens is 3. The minimum Gasteiger partial charge on any atom is -0.497 e. The van der Waals surface area contributed by atoms with Gasteiger partial charge in [-0.05, 0) is 36.1 Å². The summed E-state index contributed by atoms with van der Waals surface area (Å²) in [7, 11) is 1.63. The van der Waals surface area contributed by atoms with E-state index in [0.717, 1.165) is 33.7 Å². The SMILES string of the molecule is CCn1c(SCC(=O)NCc2ccc(OC)cc2)nnc1-c1cccs1. The standard InChI is InChI=1S/C18H20N4O2S2/c1-3-22-17(15-5-4-10-25-15)20-21-18(22)26-12-16(23)19-11-13-6-8-14(24-2)9-7-13/h4-10H,3,11-12H2,1-2H3,(H,19,23). The van der Waals surface area contributed by atoms with Crippen LogP contribution in [0.3, 0.4) is 0 Å². The Balaban J connectivity index is 1.54. The first kappa shape index (κ1) is 18.5. The Kier molecular flexibility index (Phi) is 6.30. The van der Waals surface area contributed by atoms with Gasteiger partial charge in [-0.25, -0.2) is 0 Å². The molecule has 1 amide bonds. The fourth-order valence-corrected chi connectivity index (χ4v) is 3.94. The lowest BCUT2D eigenvalue weighted by Gasteiger charge is -2.07. The third-order valence-electron chi connectivity index (χ3n) is 3.76. The Hall–Kier alpha value is -2.32. The van der Waals surface area contributed by atoms with Crippen molar-refractivity contribution in [3.63, 3.8) is 0 Å². The lowest BCUT2D eigenvalue weighted by molar-refractivity contribution is -0.118. The van der Waals surface area contributed by atoms with Gasteiger partial charge in [0.15, 0.2) is 11.0 Å². The van der Waals surface area contributed by atoms with Gasteiger partial charge in [0.25, 0.3) is 0 Å². The van der Waals surface area contributed by atoms with Gasteiger partial charge in [0.2, 0.25) is 5.91 Å². The largest absolute Gasteiger partial charge is 0.497 e. The number of amides is 1. The first-order chi connectivity index (χ1) is 12.7. The molecular weight excluding hydrogens is 368 g/mol. The van der Waals surface area contributed by atoms with Gasteiger partial charge in [-0.1, -0.05) is 30.0 Å². The maximum absolute atomic E-state index is 12.1. The van der Waals surface area contributed by atoms with Gasteiger partial charge in [0.1, 0.15) is 5.75 Å². The molecule has 0 saturated carbocycles. The number of methoxy groups -OCH3 is 1. The normalized spacial score (nSPS) is 10.7. The van der Waals surface area contributed by atoms with E-state index >= 15 is 0 Å². The van der Waals surface area contributed by atoms with Crippen LogP contribution >= 0.6 is 23.1 Å². The van der Waals surface area contributed by atoms with E-state index in [-0.39, 0.29) is 5.91 Å². The van der Waals surface area contributed by atoms with Gasteiger partial charge in [-0.2, -0.15) is 0 Å². The van der Waals surface area contributed by atoms with Crippen LogP contribution in [0.25, 0.3) is 10.7 Å². The molecule has 0 spiro atoms. The van der Waals surface area contributed by atoms with E-state index in [2.05, 4.69) is 15.5 Å². The van der Waals surface area contributed by atoms with Gasteiger partial charge in [0, 0.05) is 13.1 Å². The number of hydrogen-bond acceptors (Lipinski definition) is 6. The molecule has 136 valence electrons. The lowest BCUT2D eigenvalue weighted by Crippen LogP contribution is -2.24. The summed E-state index contributed by atoms with van der Waals surface area (Å²) in [5.74, 6) is 1.92. The average Bonchev–Trinajstić information content (AvgIpc) is 3.34. The maximum atomic E-state index is 12.1. The van der Waals surface area contributed by atoms with Crippen LogP contribution in [-0.4, -0.2) is 33.5 Å². The fraction of sp³-hybridized carbons (Fsp3) is 0.278. The second-order valence-corrected chi connectivity index (χ2v) is 7.33. The Morgan fingerprint density at radius 3 is 2.73 bits per heavy atom. The molecule has 0 aliphatic heterocycles. The molecule has 6 nitrogen and oxygen atoms in total. The van der Waals surface area contributed by atoms with Crippen molar-refractivity contribution in [2.75, 3.05) is 12.9 Å². The van der Waals surface area contributed by atoms with Gasteiger partial charge in [0.05, 0.1) is 17.7 Å². The molecular formula is C18H20N4O2S2. The number of nitrogens with one attached hydrogen (secondary N) is 1. The highest BCUT2D eigenvalue weighted by atomic mass is 32.2. The van der Waals surface area contributed by atoms with Crippen molar-refractivity contribution < 1.29 is 9.53 Å². The second kappa shape index (κ2) is 8.86. The van der Waals surface area contributed by atoms with E-state index in [0.29, 0.717) is 12.3 Å². The summed E-state index contributed by atoms with van der Waals surface area (Å²) in [5, 5.41) is 14.2. The van der Waals surface area contributed by atoms with Crippen LogP contribution < -0.4 is 10.1 Å². The smallest absolute Gasteiger partial charge is 0.230 e. The molecule has 0 radical (unpaired) electrons. The van der Waals surface area contributed by atoms with Crippen LogP contribution in [0.5, 0.6) is 5.75 Å². The summed E-state index contributed by atoms with van der Waals surface area (Å²) < 4.78 is 7.16. The molecule has 1 aromatic carbocycles. The van der Waals surface area contributed by atoms with E-state index in [1.807, 2.05) is 53.3 Å². The Labute approximate surface area is 160 Å². The van der Waals surface area contributed by atoms with Crippen LogP contribution in [0, 0.1) is 0 Å². The van der Waals surface area contributed by atoms with Crippen molar-refractivity contribution >= 4 is 29.0 Å². The van der Waals surface area contributed by atoms with Gasteiger partial charge >= 0.3 is 0 Å². The monoisotopic (exact) mass is 388 g/mol. The highest BCUT2D eigenvalue weighted by molar-refractivity contribution is 7.99. The molecule has 26 heavy (non-hydrogen) atoms. The highest BCUT2D eigenvalue weighted by Crippen LogP contribution is 2.27. The molecule has 2 heterocycles. The molecule has 0 aliphatic rings. The van der Waals surface area contributed by atoms with E-state index in [1.54, 1.807) is 18.4 Å². The molecule has 1 N–H and O–H groups in total. The molecule has 0 fully saturated rings. The zero-order chi connectivity index (χ0) is 18.4. The summed E-state index contributed by atoms with van der Waals surface area (Å²) >= 11 is 3.03. The first-order valence-electron chi connectivity index (χ1n) is 8.20. The summed E-state index contributed by atoms with van der Waals surface area (Å²) in [6.45, 7) is 3.30. The van der Waals surface area contributed by atoms with Crippen LogP contribution in [0.15, 0.2) is 46.9 Å². The number of hydrogen-bond donors (Lipinski definition) is 1. The average molecular weight is 389 g/mol. The van der Waals surface area contributed by atoms with Gasteiger partial charge in [-0.3, -0.25) is 4.79 Å². The molecule has 2 aromatic heterocycles. The molecule has 0 unspecified atom stereocenters. The number of nitrogens with zero attached hydrogens (tertiary/aromatic N) is 3. The minimum absolute atomic E-state index is 0.0332. The first-order valence-corrected chi connectivity index (χ1v) is 10.1. The zero-order valence-electron chi connectivity index (χ0n) is 14.6. The molecule has 0 atom stereocenters. The highest BCUT2D eigenvalue weighted by Gasteiger charge is 2.15. The second-order valence-electron chi connectivity index (χ2n) is 5.44. The Bertz CT molecular complexity index is 845. The van der Waals surface area contributed by atoms with Crippen molar-refractivity contribution in [3.05, 3.63) is 47.3 Å². The van der Waals surface area contributed by atoms with Crippen molar-refractivity contribution in [2.24, 2.45) is 0 Å². The topological polar surface area (TPSA) is 69.0 Å². The van der Waals surface area contributed by atoms with Crippen molar-refractivity contribution in [1.82, 2.24) is 20.1 Å². The number of thioether (sulfide) groups is 1. The van der Waals surface area contributed by atoms with E-state index in [1.165, 1.54) is 11.8 Å². The predicted octanol–water partition coefficient (Wildman–Crippen LogP) is 3.44. The van der Waals surface area contributed by atoms with Crippen LogP contribution in [-0.2, 0) is 17.9 Å². The van der Waals surface area contributed by atoms with E-state index in [9.17, 15) is 4.79 Å². The quantitative estimate of drug-likeness (QED) is 0.599. The Morgan fingerprint density at radius 1 is 1.27 bits per heavy atom. The van der Waals surface area contributed by atoms with Crippen LogP contribution in [0.1, 0.15) is 12.5 Å². The zero-order valence-corrected chi connectivity index (χ0v) is 16.3. The lowest BCUT2D eigenvalue weighted by atomic mass is 10.2. The number of carbonyl (C=O) groups is 1. The fourth-order valence-electron chi connectivity index (χ4n) is 2.39. The van der Waals surface area contributed by atoms with Crippen LogP contribution in [0.4, 0.5) is 0 Å². The van der Waals surface area contributed by atoms with Gasteiger partial charge in [-0.15, -0.1) is 21.5 Å². The van der Waals surface area contributed by atoms with Crippen molar-refractivity contribution in [3.8, 4) is 16.5 Å². The summed E-state index contributed by atoms with van der Waals surface area (Å²) in [6, 6.07) is 11.7. The third-order valence-corrected chi connectivity index (χ3v) is 5.59. The predicted molar refractivity (Wildman–Crippen MR) is 105 cm³/mol. The van der Waals surface area contributed by atoms with E-state index in [4.69, 9.17) is 4.74 Å². The molecule has 0 aliphatic carbocycles. The van der Waals surface area contributed by atoms with E-state index < -0.39 is 0 Å². The molecule has 0 bridgehead atoms. The molecule has 3 rings (SSSR count). The van der Waals surface area contributed by atoms with Crippen LogP contribution in [0.2, 0.25) is 0 Å². The number of benzene rings is 1. The maximum Gasteiger partial charge on any atom is 0.230 e.